The second-order valence-corrected chi connectivity index (χ2v) is 6.96. The van der Waals surface area contributed by atoms with E-state index in [0.717, 1.165) is 5.69 Å². The van der Waals surface area contributed by atoms with Gasteiger partial charge in [0, 0.05) is 37.2 Å². The van der Waals surface area contributed by atoms with Crippen LogP contribution in [0.25, 0.3) is 0 Å². The maximum absolute atomic E-state index is 12.8. The number of aliphatic hydroxyl groups is 1. The predicted octanol–water partition coefficient (Wildman–Crippen LogP) is 3.82. The zero-order valence-electron chi connectivity index (χ0n) is 16.0. The highest BCUT2D eigenvalue weighted by atomic mass is 19.3. The van der Waals surface area contributed by atoms with E-state index in [4.69, 9.17) is 0 Å². The lowest BCUT2D eigenvalue weighted by atomic mass is 10.0. The third-order valence-corrected chi connectivity index (χ3v) is 4.36. The van der Waals surface area contributed by atoms with Crippen molar-refractivity contribution < 1.29 is 18.7 Å². The van der Waals surface area contributed by atoms with E-state index in [1.165, 1.54) is 0 Å². The van der Waals surface area contributed by atoms with E-state index in [2.05, 4.69) is 4.98 Å². The number of carbonyl (C=O) groups is 1. The molecule has 1 aromatic heterocycles. The molecular formula is C21H26F2N2O2. The number of benzene rings is 1. The number of alkyl halides is 2. The molecule has 0 saturated heterocycles. The van der Waals surface area contributed by atoms with Crippen LogP contribution in [0.1, 0.15) is 48.1 Å². The molecule has 1 N–H and O–H groups in total. The summed E-state index contributed by atoms with van der Waals surface area (Å²) in [5, 5.41) is 10.1. The van der Waals surface area contributed by atoms with Crippen LogP contribution in [0.4, 0.5) is 8.78 Å². The number of hydrogen-bond acceptors (Lipinski definition) is 3. The summed E-state index contributed by atoms with van der Waals surface area (Å²) in [4.78, 5) is 18.9. The van der Waals surface area contributed by atoms with Gasteiger partial charge in [-0.2, -0.15) is 0 Å². The highest BCUT2D eigenvalue weighted by molar-refractivity contribution is 5.95. The van der Waals surface area contributed by atoms with Gasteiger partial charge in [-0.1, -0.05) is 24.3 Å². The molecule has 0 fully saturated rings. The molecule has 1 amide bonds. The van der Waals surface area contributed by atoms with Gasteiger partial charge < -0.3 is 10.0 Å². The zero-order valence-corrected chi connectivity index (χ0v) is 16.0. The molecule has 146 valence electrons. The van der Waals surface area contributed by atoms with Crippen molar-refractivity contribution in [2.24, 2.45) is 0 Å². The highest BCUT2D eigenvalue weighted by Gasteiger charge is 2.20. The van der Waals surface area contributed by atoms with Crippen molar-refractivity contribution in [1.29, 1.82) is 0 Å². The van der Waals surface area contributed by atoms with Crippen molar-refractivity contribution in [3.8, 4) is 0 Å². The third-order valence-electron chi connectivity index (χ3n) is 4.36. The number of halogens is 2. The maximum Gasteiger partial charge on any atom is 0.254 e. The van der Waals surface area contributed by atoms with Crippen molar-refractivity contribution in [2.75, 3.05) is 13.1 Å². The fourth-order valence-corrected chi connectivity index (χ4v) is 2.86. The molecule has 0 saturated carbocycles. The Hall–Kier alpha value is -2.34. The van der Waals surface area contributed by atoms with E-state index in [0.29, 0.717) is 36.3 Å². The lowest BCUT2D eigenvalue weighted by Gasteiger charge is -2.23. The van der Waals surface area contributed by atoms with Crippen LogP contribution in [-0.2, 0) is 18.4 Å². The summed E-state index contributed by atoms with van der Waals surface area (Å²) in [5.74, 6) is -0.257. The summed E-state index contributed by atoms with van der Waals surface area (Å²) < 4.78 is 25.6. The first kappa shape index (κ1) is 21.0. The summed E-state index contributed by atoms with van der Waals surface area (Å²) in [5.41, 5.74) is 0.971. The number of nitrogens with zero attached hydrogens (tertiary/aromatic N) is 2. The van der Waals surface area contributed by atoms with E-state index in [9.17, 15) is 18.7 Å². The number of amides is 1. The van der Waals surface area contributed by atoms with E-state index >= 15 is 0 Å². The average molecular weight is 376 g/mol. The van der Waals surface area contributed by atoms with Gasteiger partial charge in [-0.15, -0.1) is 0 Å². The molecule has 0 bridgehead atoms. The van der Waals surface area contributed by atoms with Crippen LogP contribution in [0.3, 0.4) is 0 Å². The number of aromatic nitrogens is 1. The molecule has 0 aliphatic carbocycles. The Labute approximate surface area is 158 Å². The Morgan fingerprint density at radius 3 is 2.52 bits per heavy atom. The Morgan fingerprint density at radius 2 is 1.89 bits per heavy atom. The van der Waals surface area contributed by atoms with Crippen molar-refractivity contribution in [3.63, 3.8) is 0 Å². The van der Waals surface area contributed by atoms with Crippen LogP contribution in [0.5, 0.6) is 0 Å². The molecule has 0 aliphatic heterocycles. The van der Waals surface area contributed by atoms with Crippen molar-refractivity contribution >= 4 is 5.91 Å². The predicted molar refractivity (Wildman–Crippen MR) is 101 cm³/mol. The first-order chi connectivity index (χ1) is 12.7. The van der Waals surface area contributed by atoms with E-state index in [1.807, 2.05) is 19.1 Å². The monoisotopic (exact) mass is 376 g/mol. The SMILES string of the molecule is CCN(CCc1cccc(C(C)(C)O)n1)C(=O)c1ccccc1CC(F)F. The molecule has 0 aliphatic rings. The molecule has 27 heavy (non-hydrogen) atoms. The number of rotatable bonds is 8. The second-order valence-electron chi connectivity index (χ2n) is 6.96. The molecule has 4 nitrogen and oxygen atoms in total. The molecule has 6 heteroatoms. The Kier molecular flexibility index (Phi) is 7.02. The van der Waals surface area contributed by atoms with Crippen LogP contribution in [0, 0.1) is 0 Å². The van der Waals surface area contributed by atoms with Crippen LogP contribution in [-0.4, -0.2) is 40.4 Å². The quantitative estimate of drug-likeness (QED) is 0.762. The van der Waals surface area contributed by atoms with Gasteiger partial charge in [-0.05, 0) is 44.5 Å². The maximum atomic E-state index is 12.8. The molecule has 0 spiro atoms. The zero-order chi connectivity index (χ0) is 20.0. The summed E-state index contributed by atoms with van der Waals surface area (Å²) in [6.07, 6.45) is -2.42. The van der Waals surface area contributed by atoms with Gasteiger partial charge >= 0.3 is 0 Å². The van der Waals surface area contributed by atoms with Gasteiger partial charge in [0.2, 0.25) is 6.43 Å². The van der Waals surface area contributed by atoms with Crippen LogP contribution in [0.15, 0.2) is 42.5 Å². The Morgan fingerprint density at radius 1 is 1.19 bits per heavy atom. The standard InChI is InChI=1S/C21H26F2N2O2/c1-4-25(13-12-16-9-7-11-18(24-16)21(2,3)27)20(26)17-10-6-5-8-15(17)14-19(22)23/h5-11,19,27H,4,12-14H2,1-3H3. The largest absolute Gasteiger partial charge is 0.384 e. The van der Waals surface area contributed by atoms with Gasteiger partial charge in [-0.25, -0.2) is 8.78 Å². The molecule has 0 atom stereocenters. The van der Waals surface area contributed by atoms with E-state index < -0.39 is 18.4 Å². The number of likely N-dealkylation sites (N-methyl/N-ethyl adjacent to an activating group) is 1. The summed E-state index contributed by atoms with van der Waals surface area (Å²) in [6, 6.07) is 11.9. The Balaban J connectivity index is 2.13. The second kappa shape index (κ2) is 9.04. The van der Waals surface area contributed by atoms with Gasteiger partial charge in [0.15, 0.2) is 0 Å². The molecule has 1 aromatic carbocycles. The van der Waals surface area contributed by atoms with Crippen LogP contribution < -0.4 is 0 Å². The minimum absolute atomic E-state index is 0.257. The molecule has 0 radical (unpaired) electrons. The van der Waals surface area contributed by atoms with Crippen LogP contribution >= 0.6 is 0 Å². The molecule has 2 aromatic rings. The molecular weight excluding hydrogens is 350 g/mol. The van der Waals surface area contributed by atoms with Crippen molar-refractivity contribution in [2.45, 2.75) is 45.6 Å². The summed E-state index contributed by atoms with van der Waals surface area (Å²) >= 11 is 0. The van der Waals surface area contributed by atoms with E-state index in [1.54, 1.807) is 49.1 Å². The van der Waals surface area contributed by atoms with Crippen molar-refractivity contribution in [3.05, 3.63) is 65.0 Å². The Bertz CT molecular complexity index is 773. The van der Waals surface area contributed by atoms with Gasteiger partial charge in [0.05, 0.1) is 5.69 Å². The first-order valence-electron chi connectivity index (χ1n) is 9.06. The fraction of sp³-hybridized carbons (Fsp3) is 0.429. The smallest absolute Gasteiger partial charge is 0.254 e. The van der Waals surface area contributed by atoms with Crippen molar-refractivity contribution in [1.82, 2.24) is 9.88 Å². The summed E-state index contributed by atoms with van der Waals surface area (Å²) in [7, 11) is 0. The lowest BCUT2D eigenvalue weighted by molar-refractivity contribution is 0.0728. The number of hydrogen-bond donors (Lipinski definition) is 1. The number of carbonyl (C=O) groups excluding carboxylic acids is 1. The topological polar surface area (TPSA) is 53.4 Å². The third kappa shape index (κ3) is 5.82. The molecule has 0 unspecified atom stereocenters. The van der Waals surface area contributed by atoms with Gasteiger partial charge in [-0.3, -0.25) is 9.78 Å². The average Bonchev–Trinajstić information content (AvgIpc) is 2.61. The van der Waals surface area contributed by atoms with Gasteiger partial charge in [0.1, 0.15) is 5.60 Å². The fourth-order valence-electron chi connectivity index (χ4n) is 2.86. The molecule has 1 heterocycles. The molecule has 2 rings (SSSR count). The minimum atomic E-state index is -2.50. The highest BCUT2D eigenvalue weighted by Crippen LogP contribution is 2.18. The summed E-state index contributed by atoms with van der Waals surface area (Å²) in [6.45, 7) is 6.07. The number of pyridine rings is 1. The minimum Gasteiger partial charge on any atom is -0.384 e. The lowest BCUT2D eigenvalue weighted by Crippen LogP contribution is -2.33. The van der Waals surface area contributed by atoms with Gasteiger partial charge in [0.25, 0.3) is 5.91 Å². The first-order valence-corrected chi connectivity index (χ1v) is 9.06. The normalized spacial score (nSPS) is 11.7. The van der Waals surface area contributed by atoms with E-state index in [-0.39, 0.29) is 5.91 Å². The van der Waals surface area contributed by atoms with Crippen LogP contribution in [0.2, 0.25) is 0 Å².